The maximum absolute atomic E-state index is 13.0. The van der Waals surface area contributed by atoms with Gasteiger partial charge in [-0.15, -0.1) is 0 Å². The molecule has 2 atom stereocenters. The topological polar surface area (TPSA) is 228 Å². The van der Waals surface area contributed by atoms with Gasteiger partial charge in [-0.3, -0.25) is 49.1 Å². The van der Waals surface area contributed by atoms with Crippen molar-refractivity contribution in [3.05, 3.63) is 93.9 Å². The van der Waals surface area contributed by atoms with Crippen molar-refractivity contribution in [3.63, 3.8) is 0 Å². The fourth-order valence-electron chi connectivity index (χ4n) is 7.90. The number of pyridine rings is 2. The van der Waals surface area contributed by atoms with E-state index in [-0.39, 0.29) is 81.6 Å². The highest BCUT2D eigenvalue weighted by atomic mass is 35.5. The van der Waals surface area contributed by atoms with Crippen LogP contribution in [0.25, 0.3) is 22.2 Å². The maximum atomic E-state index is 13.0. The number of carbonyl (C=O) groups is 6. The summed E-state index contributed by atoms with van der Waals surface area (Å²) in [5.41, 5.74) is 3.23. The van der Waals surface area contributed by atoms with Gasteiger partial charge >= 0.3 is 0 Å². The highest BCUT2D eigenvalue weighted by Gasteiger charge is 2.44. The fourth-order valence-corrected chi connectivity index (χ4v) is 8.57. The Morgan fingerprint density at radius 2 is 1.61 bits per heavy atom. The molecule has 3 aliphatic rings. The number of nitrogens with one attached hydrogen (secondary N) is 3. The summed E-state index contributed by atoms with van der Waals surface area (Å²) < 4.78 is 22.9. The predicted molar refractivity (Wildman–Crippen MR) is 239 cm³/mol. The zero-order chi connectivity index (χ0) is 46.3. The van der Waals surface area contributed by atoms with Crippen LogP contribution in [0.4, 0.5) is 5.82 Å². The van der Waals surface area contributed by atoms with E-state index >= 15 is 0 Å². The second kappa shape index (κ2) is 20.7. The van der Waals surface area contributed by atoms with Crippen LogP contribution < -0.4 is 25.0 Å². The molecule has 3 aromatic heterocycles. The Hall–Kier alpha value is -6.67. The maximum Gasteiger partial charge on any atom is 0.262 e. The Morgan fingerprint density at radius 1 is 0.864 bits per heavy atom. The number of H-pyrrole nitrogens is 1. The summed E-state index contributed by atoms with van der Waals surface area (Å²) in [6, 6.07) is 12.8. The molecule has 6 heterocycles. The van der Waals surface area contributed by atoms with Crippen molar-refractivity contribution in [3.8, 4) is 22.8 Å². The second-order valence-corrected chi connectivity index (χ2v) is 16.4. The van der Waals surface area contributed by atoms with E-state index < -0.39 is 41.7 Å². The van der Waals surface area contributed by atoms with Gasteiger partial charge in [0.25, 0.3) is 17.7 Å². The lowest BCUT2D eigenvalue weighted by molar-refractivity contribution is -0.136. The Morgan fingerprint density at radius 3 is 2.35 bits per heavy atom. The standard InChI is InChI=1S/C45H45Cl2N9O10/c1-26(41-33(46)23-48-24-34(41)47)66-29-4-6-35-32(21-29)42(53-52-35)27-2-8-37(50-22-27)54-12-14-55(15-13-54)40(59)10-16-63-18-19-64-17-11-49-39(58)25-65-28-3-5-30-31(20-28)45(62)56(44(30)61)36-7-9-38(57)51-43(36)60/h2-6,8,20-24,26,36H,7,9-19,25H2,1H3,(H,49,58)(H,52,53)(H,51,57,60)/t26-,36?/m1/s1. The number of nitrogens with zero attached hydrogens (tertiary/aromatic N) is 6. The third-order valence-corrected chi connectivity index (χ3v) is 11.9. The number of ether oxygens (including phenoxy) is 4. The highest BCUT2D eigenvalue weighted by molar-refractivity contribution is 6.35. The number of imide groups is 2. The zero-order valence-corrected chi connectivity index (χ0v) is 37.2. The lowest BCUT2D eigenvalue weighted by atomic mass is 10.0. The molecular formula is C45H45Cl2N9O10. The van der Waals surface area contributed by atoms with Crippen LogP contribution in [-0.2, 0) is 28.7 Å². The monoisotopic (exact) mass is 941 g/mol. The van der Waals surface area contributed by atoms with E-state index in [0.717, 1.165) is 32.9 Å². The molecule has 3 N–H and O–H groups in total. The molecule has 66 heavy (non-hydrogen) atoms. The van der Waals surface area contributed by atoms with E-state index in [1.54, 1.807) is 6.20 Å². The minimum absolute atomic E-state index is 0.00751. The largest absolute Gasteiger partial charge is 0.486 e. The first-order valence-electron chi connectivity index (χ1n) is 21.3. The highest BCUT2D eigenvalue weighted by Crippen LogP contribution is 2.35. The molecule has 8 rings (SSSR count). The van der Waals surface area contributed by atoms with Gasteiger partial charge in [-0.1, -0.05) is 23.2 Å². The molecule has 1 unspecified atom stereocenters. The van der Waals surface area contributed by atoms with Crippen molar-refractivity contribution >= 4 is 75.4 Å². The van der Waals surface area contributed by atoms with Gasteiger partial charge in [0, 0.05) is 74.2 Å². The summed E-state index contributed by atoms with van der Waals surface area (Å²) in [6.07, 6.45) is 4.75. The third-order valence-electron chi connectivity index (χ3n) is 11.3. The van der Waals surface area contributed by atoms with Crippen molar-refractivity contribution in [2.24, 2.45) is 0 Å². The average Bonchev–Trinajstić information content (AvgIpc) is 3.84. The number of benzene rings is 2. The molecule has 6 amide bonds. The van der Waals surface area contributed by atoms with Crippen LogP contribution in [0.1, 0.15) is 58.6 Å². The number of rotatable bonds is 18. The molecule has 21 heteroatoms. The van der Waals surface area contributed by atoms with Crippen LogP contribution in [0, 0.1) is 0 Å². The van der Waals surface area contributed by atoms with Crippen LogP contribution in [0.15, 0.2) is 67.1 Å². The predicted octanol–water partition coefficient (Wildman–Crippen LogP) is 4.14. The minimum atomic E-state index is -1.08. The lowest BCUT2D eigenvalue weighted by Gasteiger charge is -2.35. The van der Waals surface area contributed by atoms with Gasteiger partial charge in [-0.25, -0.2) is 4.98 Å². The number of anilines is 1. The minimum Gasteiger partial charge on any atom is -0.486 e. The summed E-state index contributed by atoms with van der Waals surface area (Å²) in [7, 11) is 0. The molecule has 0 bridgehead atoms. The summed E-state index contributed by atoms with van der Waals surface area (Å²) in [5, 5.41) is 14.2. The summed E-state index contributed by atoms with van der Waals surface area (Å²) in [6.45, 7) is 5.14. The Labute approximate surface area is 388 Å². The number of aromatic nitrogens is 4. The summed E-state index contributed by atoms with van der Waals surface area (Å²) in [4.78, 5) is 88.5. The van der Waals surface area contributed by atoms with Crippen molar-refractivity contribution < 1.29 is 47.7 Å². The van der Waals surface area contributed by atoms with Crippen molar-refractivity contribution in [2.45, 2.75) is 38.3 Å². The number of hydrogen-bond acceptors (Lipinski definition) is 14. The normalized spacial score (nSPS) is 16.7. The van der Waals surface area contributed by atoms with Gasteiger partial charge in [0.1, 0.15) is 35.2 Å². The van der Waals surface area contributed by atoms with E-state index in [0.29, 0.717) is 47.5 Å². The smallest absolute Gasteiger partial charge is 0.262 e. The molecule has 0 spiro atoms. The second-order valence-electron chi connectivity index (χ2n) is 15.6. The molecule has 2 saturated heterocycles. The van der Waals surface area contributed by atoms with Crippen LogP contribution in [0.5, 0.6) is 11.5 Å². The lowest BCUT2D eigenvalue weighted by Crippen LogP contribution is -2.54. The van der Waals surface area contributed by atoms with Gasteiger partial charge < -0.3 is 34.1 Å². The molecule has 0 aliphatic carbocycles. The summed E-state index contributed by atoms with van der Waals surface area (Å²) in [5.74, 6) is -1.25. The van der Waals surface area contributed by atoms with Crippen LogP contribution in [-0.4, -0.2) is 137 Å². The molecule has 344 valence electrons. The SMILES string of the molecule is C[C@@H](Oc1ccc2[nH]nc(-c3ccc(N4CCN(C(=O)CCOCCOCCNC(=O)COc5ccc6c(c5)C(=O)N(C5CCC(=O)NC5=O)C6=O)CC4)nc3)c2c1)c1c(Cl)cncc1Cl. The number of piperidine rings is 1. The van der Waals surface area contributed by atoms with Crippen LogP contribution in [0.2, 0.25) is 10.0 Å². The molecule has 2 aromatic carbocycles. The van der Waals surface area contributed by atoms with E-state index in [1.165, 1.54) is 30.6 Å². The Bertz CT molecular complexity index is 2640. The molecular weight excluding hydrogens is 897 g/mol. The first-order chi connectivity index (χ1) is 31.9. The van der Waals surface area contributed by atoms with Crippen molar-refractivity contribution in [2.75, 3.05) is 70.7 Å². The first-order valence-corrected chi connectivity index (χ1v) is 22.0. The zero-order valence-electron chi connectivity index (χ0n) is 35.7. The van der Waals surface area contributed by atoms with Crippen molar-refractivity contribution in [1.82, 2.24) is 40.6 Å². The number of aromatic amines is 1. The first kappa shape index (κ1) is 45.9. The van der Waals surface area contributed by atoms with Gasteiger partial charge in [0.05, 0.1) is 59.5 Å². The van der Waals surface area contributed by atoms with Gasteiger partial charge in [0.15, 0.2) is 6.61 Å². The quantitative estimate of drug-likeness (QED) is 0.0830. The molecule has 5 aromatic rings. The van der Waals surface area contributed by atoms with Gasteiger partial charge in [0.2, 0.25) is 17.7 Å². The third kappa shape index (κ3) is 10.4. The molecule has 3 aliphatic heterocycles. The fraction of sp³-hybridized carbons (Fsp3) is 0.356. The van der Waals surface area contributed by atoms with E-state index in [4.69, 9.17) is 47.1 Å². The number of carbonyl (C=O) groups excluding carboxylic acids is 6. The molecule has 0 radical (unpaired) electrons. The molecule has 2 fully saturated rings. The molecule has 19 nitrogen and oxygen atoms in total. The number of hydrogen-bond donors (Lipinski definition) is 3. The van der Waals surface area contributed by atoms with Crippen LogP contribution >= 0.6 is 23.2 Å². The number of halogens is 2. The van der Waals surface area contributed by atoms with E-state index in [2.05, 4.69) is 30.7 Å². The van der Waals surface area contributed by atoms with Gasteiger partial charge in [-0.2, -0.15) is 5.10 Å². The number of amides is 6. The van der Waals surface area contributed by atoms with E-state index in [9.17, 15) is 28.8 Å². The Balaban J connectivity index is 0.687. The number of piperazine rings is 1. The van der Waals surface area contributed by atoms with Gasteiger partial charge in [-0.05, 0) is 61.9 Å². The van der Waals surface area contributed by atoms with Crippen molar-refractivity contribution in [1.29, 1.82) is 0 Å². The Kier molecular flexibility index (Phi) is 14.4. The summed E-state index contributed by atoms with van der Waals surface area (Å²) >= 11 is 12.7. The number of fused-ring (bicyclic) bond motifs is 2. The van der Waals surface area contributed by atoms with Crippen LogP contribution in [0.3, 0.4) is 0 Å². The average molecular weight is 943 g/mol. The molecule has 0 saturated carbocycles. The van der Waals surface area contributed by atoms with E-state index in [1.807, 2.05) is 42.2 Å².